The molecule has 0 aliphatic heterocycles. The largest absolute Gasteiger partial charge is 0.294 e. The topological polar surface area (TPSA) is 60.7 Å². The molecule has 1 aliphatic carbocycles. The van der Waals surface area contributed by atoms with Crippen molar-refractivity contribution in [3.05, 3.63) is 35.4 Å². The highest BCUT2D eigenvalue weighted by atomic mass is 16.1. The zero-order chi connectivity index (χ0) is 13.6. The molecule has 19 heavy (non-hydrogen) atoms. The van der Waals surface area contributed by atoms with Crippen molar-refractivity contribution in [1.29, 1.82) is 0 Å². The molecular formula is C14H16N4O. The van der Waals surface area contributed by atoms with Crippen molar-refractivity contribution in [1.82, 2.24) is 19.7 Å². The molecule has 2 aromatic rings. The summed E-state index contributed by atoms with van der Waals surface area (Å²) in [6.07, 6.45) is 4.60. The SMILES string of the molecule is Cc1cc2c(n1-c1nccnn1)CC(C)(C)CC2=O. The first-order chi connectivity index (χ1) is 8.98. The summed E-state index contributed by atoms with van der Waals surface area (Å²) >= 11 is 0. The third kappa shape index (κ3) is 1.95. The molecular weight excluding hydrogens is 240 g/mol. The predicted molar refractivity (Wildman–Crippen MR) is 70.3 cm³/mol. The van der Waals surface area contributed by atoms with E-state index in [1.165, 1.54) is 0 Å². The minimum absolute atomic E-state index is 0.0190. The molecule has 0 saturated heterocycles. The third-order valence-electron chi connectivity index (χ3n) is 3.54. The second-order valence-electron chi connectivity index (χ2n) is 5.87. The molecule has 1 aliphatic rings. The van der Waals surface area contributed by atoms with E-state index in [-0.39, 0.29) is 11.2 Å². The first-order valence-corrected chi connectivity index (χ1v) is 6.36. The average molecular weight is 256 g/mol. The van der Waals surface area contributed by atoms with Gasteiger partial charge in [0.05, 0.1) is 12.4 Å². The maximum atomic E-state index is 12.2. The molecule has 5 nitrogen and oxygen atoms in total. The molecule has 2 aromatic heterocycles. The van der Waals surface area contributed by atoms with Crippen molar-refractivity contribution in [2.45, 2.75) is 33.6 Å². The minimum Gasteiger partial charge on any atom is -0.294 e. The lowest BCUT2D eigenvalue weighted by Gasteiger charge is -2.29. The Morgan fingerprint density at radius 3 is 2.74 bits per heavy atom. The Morgan fingerprint density at radius 1 is 1.26 bits per heavy atom. The summed E-state index contributed by atoms with van der Waals surface area (Å²) in [5.41, 5.74) is 2.77. The molecule has 0 amide bonds. The van der Waals surface area contributed by atoms with Crippen molar-refractivity contribution in [3.8, 4) is 5.95 Å². The summed E-state index contributed by atoms with van der Waals surface area (Å²) in [5, 5.41) is 7.92. The van der Waals surface area contributed by atoms with Gasteiger partial charge in [-0.3, -0.25) is 9.36 Å². The fourth-order valence-electron chi connectivity index (χ4n) is 2.77. The summed E-state index contributed by atoms with van der Waals surface area (Å²) in [6, 6.07) is 1.93. The first-order valence-electron chi connectivity index (χ1n) is 6.36. The monoisotopic (exact) mass is 256 g/mol. The Bertz CT molecular complexity index is 643. The van der Waals surface area contributed by atoms with E-state index in [1.54, 1.807) is 12.4 Å². The Labute approximate surface area is 111 Å². The number of Topliss-reactive ketones (excluding diaryl/α,β-unsaturated/α-hetero) is 1. The van der Waals surface area contributed by atoms with Gasteiger partial charge in [-0.2, -0.15) is 5.10 Å². The van der Waals surface area contributed by atoms with Gasteiger partial charge in [0.2, 0.25) is 0 Å². The fraction of sp³-hybridized carbons (Fsp3) is 0.429. The quantitative estimate of drug-likeness (QED) is 0.784. The molecule has 0 saturated carbocycles. The molecule has 0 bridgehead atoms. The number of hydrogen-bond donors (Lipinski definition) is 0. The number of rotatable bonds is 1. The van der Waals surface area contributed by atoms with E-state index < -0.39 is 0 Å². The van der Waals surface area contributed by atoms with Gasteiger partial charge in [0.1, 0.15) is 0 Å². The Balaban J connectivity index is 2.21. The number of ketones is 1. The summed E-state index contributed by atoms with van der Waals surface area (Å²) in [4.78, 5) is 16.5. The molecule has 5 heteroatoms. The van der Waals surface area contributed by atoms with Crippen LogP contribution in [0.1, 0.15) is 42.0 Å². The van der Waals surface area contributed by atoms with Gasteiger partial charge in [-0.1, -0.05) is 13.8 Å². The van der Waals surface area contributed by atoms with Crippen LogP contribution in [-0.4, -0.2) is 25.5 Å². The second-order valence-corrected chi connectivity index (χ2v) is 5.87. The van der Waals surface area contributed by atoms with Crippen molar-refractivity contribution in [2.75, 3.05) is 0 Å². The van der Waals surface area contributed by atoms with Crippen molar-refractivity contribution in [3.63, 3.8) is 0 Å². The molecule has 0 N–H and O–H groups in total. The van der Waals surface area contributed by atoms with E-state index in [0.717, 1.165) is 23.4 Å². The Kier molecular flexibility index (Phi) is 2.52. The molecule has 3 rings (SSSR count). The number of carbonyl (C=O) groups is 1. The Morgan fingerprint density at radius 2 is 2.05 bits per heavy atom. The van der Waals surface area contributed by atoms with Crippen LogP contribution in [0.3, 0.4) is 0 Å². The smallest absolute Gasteiger partial charge is 0.253 e. The van der Waals surface area contributed by atoms with Gasteiger partial charge in [-0.15, -0.1) is 5.10 Å². The van der Waals surface area contributed by atoms with Crippen LogP contribution in [-0.2, 0) is 6.42 Å². The maximum absolute atomic E-state index is 12.2. The standard InChI is InChI=1S/C14H16N4O/c1-9-6-10-11(7-14(2,3)8-12(10)19)18(9)13-15-4-5-16-17-13/h4-6H,7-8H2,1-3H3. The summed E-state index contributed by atoms with van der Waals surface area (Å²) < 4.78 is 1.95. The van der Waals surface area contributed by atoms with Crippen molar-refractivity contribution < 1.29 is 4.79 Å². The van der Waals surface area contributed by atoms with Crippen LogP contribution in [0, 0.1) is 12.3 Å². The average Bonchev–Trinajstić information content (AvgIpc) is 2.65. The van der Waals surface area contributed by atoms with E-state index in [9.17, 15) is 4.79 Å². The molecule has 0 atom stereocenters. The zero-order valence-electron chi connectivity index (χ0n) is 11.3. The van der Waals surface area contributed by atoms with Crippen LogP contribution in [0.25, 0.3) is 5.95 Å². The molecule has 0 unspecified atom stereocenters. The number of fused-ring (bicyclic) bond motifs is 1. The highest BCUT2D eigenvalue weighted by Gasteiger charge is 2.34. The number of carbonyl (C=O) groups excluding carboxylic acids is 1. The van der Waals surface area contributed by atoms with Gasteiger partial charge in [0, 0.05) is 23.4 Å². The molecule has 0 spiro atoms. The normalized spacial score (nSPS) is 17.3. The first kappa shape index (κ1) is 12.0. The van der Waals surface area contributed by atoms with E-state index in [1.807, 2.05) is 17.6 Å². The highest BCUT2D eigenvalue weighted by Crippen LogP contribution is 2.36. The van der Waals surface area contributed by atoms with Gasteiger partial charge in [0.15, 0.2) is 5.78 Å². The lowest BCUT2D eigenvalue weighted by molar-refractivity contribution is 0.0911. The fourth-order valence-corrected chi connectivity index (χ4v) is 2.77. The maximum Gasteiger partial charge on any atom is 0.253 e. The number of aromatic nitrogens is 4. The summed E-state index contributed by atoms with van der Waals surface area (Å²) in [7, 11) is 0. The Hall–Kier alpha value is -2.04. The van der Waals surface area contributed by atoms with E-state index >= 15 is 0 Å². The van der Waals surface area contributed by atoms with Crippen LogP contribution in [0.4, 0.5) is 0 Å². The van der Waals surface area contributed by atoms with E-state index in [0.29, 0.717) is 12.4 Å². The summed E-state index contributed by atoms with van der Waals surface area (Å²) in [6.45, 7) is 6.20. The van der Waals surface area contributed by atoms with E-state index in [2.05, 4.69) is 29.0 Å². The summed E-state index contributed by atoms with van der Waals surface area (Å²) in [5.74, 6) is 0.740. The van der Waals surface area contributed by atoms with Gasteiger partial charge >= 0.3 is 0 Å². The minimum atomic E-state index is -0.0190. The van der Waals surface area contributed by atoms with Gasteiger partial charge in [-0.05, 0) is 24.8 Å². The second kappa shape index (κ2) is 3.98. The predicted octanol–water partition coefficient (Wildman–Crippen LogP) is 2.13. The third-order valence-corrected chi connectivity index (χ3v) is 3.54. The number of aryl methyl sites for hydroxylation is 1. The lowest BCUT2D eigenvalue weighted by Crippen LogP contribution is -2.28. The molecule has 98 valence electrons. The molecule has 0 aromatic carbocycles. The number of nitrogens with zero attached hydrogens (tertiary/aromatic N) is 4. The zero-order valence-corrected chi connectivity index (χ0v) is 11.3. The highest BCUT2D eigenvalue weighted by molar-refractivity contribution is 5.99. The molecule has 0 fully saturated rings. The van der Waals surface area contributed by atoms with Crippen molar-refractivity contribution in [2.24, 2.45) is 5.41 Å². The lowest BCUT2D eigenvalue weighted by atomic mass is 9.76. The van der Waals surface area contributed by atoms with Gasteiger partial charge in [-0.25, -0.2) is 4.98 Å². The van der Waals surface area contributed by atoms with Crippen LogP contribution in [0.15, 0.2) is 18.5 Å². The number of hydrogen-bond acceptors (Lipinski definition) is 4. The van der Waals surface area contributed by atoms with E-state index in [4.69, 9.17) is 0 Å². The molecule has 0 radical (unpaired) electrons. The van der Waals surface area contributed by atoms with Crippen LogP contribution in [0.5, 0.6) is 0 Å². The van der Waals surface area contributed by atoms with Gasteiger partial charge < -0.3 is 0 Å². The molecule has 2 heterocycles. The van der Waals surface area contributed by atoms with Crippen LogP contribution in [0.2, 0.25) is 0 Å². The van der Waals surface area contributed by atoms with Crippen LogP contribution < -0.4 is 0 Å². The van der Waals surface area contributed by atoms with Gasteiger partial charge in [0.25, 0.3) is 5.95 Å². The van der Waals surface area contributed by atoms with Crippen molar-refractivity contribution >= 4 is 5.78 Å². The van der Waals surface area contributed by atoms with Crippen LogP contribution >= 0.6 is 0 Å².